The monoisotopic (exact) mass is 394 g/mol. The van der Waals surface area contributed by atoms with Crippen LogP contribution in [0, 0.1) is 13.8 Å². The average molecular weight is 395 g/mol. The Hall–Kier alpha value is -1.44. The molecule has 25 heavy (non-hydrogen) atoms. The van der Waals surface area contributed by atoms with Gasteiger partial charge in [-0.2, -0.15) is 0 Å². The molecule has 0 amide bonds. The lowest BCUT2D eigenvalue weighted by Crippen LogP contribution is -2.12. The van der Waals surface area contributed by atoms with Crippen molar-refractivity contribution in [2.75, 3.05) is 4.72 Å². The number of anilines is 1. The summed E-state index contributed by atoms with van der Waals surface area (Å²) >= 11 is 2.72. The number of benzene rings is 1. The fourth-order valence-corrected chi connectivity index (χ4v) is 6.68. The maximum atomic E-state index is 12.9. The number of rotatable bonds is 5. The third-order valence-corrected chi connectivity index (χ3v) is 8.84. The van der Waals surface area contributed by atoms with E-state index in [0.717, 1.165) is 32.6 Å². The van der Waals surface area contributed by atoms with Gasteiger partial charge in [0.25, 0.3) is 10.0 Å². The van der Waals surface area contributed by atoms with Gasteiger partial charge in [-0.25, -0.2) is 13.4 Å². The van der Waals surface area contributed by atoms with Gasteiger partial charge in [0, 0.05) is 9.58 Å². The van der Waals surface area contributed by atoms with Crippen LogP contribution in [-0.4, -0.2) is 13.4 Å². The number of fused-ring (bicyclic) bond motifs is 1. The Morgan fingerprint density at radius 3 is 2.52 bits per heavy atom. The van der Waals surface area contributed by atoms with Gasteiger partial charge in [-0.1, -0.05) is 26.8 Å². The summed E-state index contributed by atoms with van der Waals surface area (Å²) in [5, 5.41) is 1.45. The van der Waals surface area contributed by atoms with Crippen molar-refractivity contribution < 1.29 is 8.42 Å². The normalized spacial score (nSPS) is 12.2. The molecule has 0 aliphatic carbocycles. The molecule has 3 rings (SSSR count). The molecule has 2 aromatic heterocycles. The molecular weight excluding hydrogens is 372 g/mol. The van der Waals surface area contributed by atoms with Crippen LogP contribution in [0.5, 0.6) is 0 Å². The molecule has 2 heterocycles. The standard InChI is InChI=1S/C18H22N2O2S3/c1-6-15-12(5)19-18(24-15)20-25(21,22)17-11(4)14-9-13(10(2)3)7-8-16(14)23-17/h7-10H,6H2,1-5H3,(H,19,20). The Morgan fingerprint density at radius 2 is 1.92 bits per heavy atom. The van der Waals surface area contributed by atoms with Gasteiger partial charge in [0.2, 0.25) is 0 Å². The van der Waals surface area contributed by atoms with Crippen molar-refractivity contribution in [1.82, 2.24) is 4.98 Å². The summed E-state index contributed by atoms with van der Waals surface area (Å²) in [4.78, 5) is 5.45. The number of hydrogen-bond donors (Lipinski definition) is 1. The molecule has 0 fully saturated rings. The van der Waals surface area contributed by atoms with Gasteiger partial charge in [0.05, 0.1) is 5.69 Å². The first-order valence-corrected chi connectivity index (χ1v) is 11.4. The lowest BCUT2D eigenvalue weighted by Gasteiger charge is -2.05. The predicted octanol–water partition coefficient (Wildman–Crippen LogP) is 5.46. The molecule has 3 aromatic rings. The Balaban J connectivity index is 2.03. The Bertz CT molecular complexity index is 1030. The highest BCUT2D eigenvalue weighted by Gasteiger charge is 2.23. The number of nitrogens with one attached hydrogen (secondary N) is 1. The molecule has 1 aromatic carbocycles. The number of nitrogens with zero attached hydrogens (tertiary/aromatic N) is 1. The second-order valence-corrected chi connectivity index (χ2v) is 10.4. The van der Waals surface area contributed by atoms with Crippen molar-refractivity contribution in [1.29, 1.82) is 0 Å². The Kier molecular flexibility index (Phi) is 4.92. The quantitative estimate of drug-likeness (QED) is 0.625. The average Bonchev–Trinajstić information content (AvgIpc) is 3.06. The van der Waals surface area contributed by atoms with E-state index in [9.17, 15) is 8.42 Å². The molecule has 1 N–H and O–H groups in total. The lowest BCUT2D eigenvalue weighted by molar-refractivity contribution is 0.602. The highest BCUT2D eigenvalue weighted by molar-refractivity contribution is 7.95. The molecule has 0 aliphatic heterocycles. The molecule has 0 spiro atoms. The van der Waals surface area contributed by atoms with Crippen molar-refractivity contribution in [3.05, 3.63) is 39.9 Å². The number of hydrogen-bond acceptors (Lipinski definition) is 5. The van der Waals surface area contributed by atoms with E-state index in [2.05, 4.69) is 35.7 Å². The molecule has 4 nitrogen and oxygen atoms in total. The minimum atomic E-state index is -3.63. The fourth-order valence-electron chi connectivity index (χ4n) is 2.79. The third-order valence-electron chi connectivity index (χ3n) is 4.26. The van der Waals surface area contributed by atoms with Crippen LogP contribution < -0.4 is 4.72 Å². The summed E-state index contributed by atoms with van der Waals surface area (Å²) in [6, 6.07) is 6.20. The molecule has 0 bridgehead atoms. The summed E-state index contributed by atoms with van der Waals surface area (Å²) in [6.45, 7) is 10.1. The molecule has 0 radical (unpaired) electrons. The van der Waals surface area contributed by atoms with Gasteiger partial charge in [-0.3, -0.25) is 4.72 Å². The highest BCUT2D eigenvalue weighted by atomic mass is 32.2. The molecule has 134 valence electrons. The summed E-state index contributed by atoms with van der Waals surface area (Å²) in [5.74, 6) is 0.410. The van der Waals surface area contributed by atoms with E-state index in [1.54, 1.807) is 0 Å². The van der Waals surface area contributed by atoms with Crippen LogP contribution in [0.15, 0.2) is 22.4 Å². The summed E-state index contributed by atoms with van der Waals surface area (Å²) in [6.07, 6.45) is 0.852. The number of sulfonamides is 1. The molecule has 7 heteroatoms. The largest absolute Gasteiger partial charge is 0.273 e. The van der Waals surface area contributed by atoms with Gasteiger partial charge in [-0.15, -0.1) is 22.7 Å². The number of aryl methyl sites for hydroxylation is 3. The van der Waals surface area contributed by atoms with Crippen molar-refractivity contribution in [3.8, 4) is 0 Å². The van der Waals surface area contributed by atoms with E-state index in [1.165, 1.54) is 28.2 Å². The van der Waals surface area contributed by atoms with Crippen molar-refractivity contribution in [2.24, 2.45) is 0 Å². The van der Waals surface area contributed by atoms with E-state index in [1.807, 2.05) is 26.8 Å². The molecule has 0 atom stereocenters. The number of thiazole rings is 1. The molecule has 0 saturated heterocycles. The molecule has 0 aliphatic rings. The van der Waals surface area contributed by atoms with E-state index in [-0.39, 0.29) is 0 Å². The first kappa shape index (κ1) is 18.4. The van der Waals surface area contributed by atoms with E-state index < -0.39 is 10.0 Å². The first-order chi connectivity index (χ1) is 11.7. The maximum absolute atomic E-state index is 12.9. The van der Waals surface area contributed by atoms with Gasteiger partial charge in [0.15, 0.2) is 5.13 Å². The second kappa shape index (κ2) is 6.70. The van der Waals surface area contributed by atoms with Crippen molar-refractivity contribution in [2.45, 2.75) is 51.2 Å². The zero-order valence-corrected chi connectivity index (χ0v) is 17.5. The van der Waals surface area contributed by atoms with Crippen LogP contribution >= 0.6 is 22.7 Å². The van der Waals surface area contributed by atoms with Gasteiger partial charge in [-0.05, 0) is 54.8 Å². The topological polar surface area (TPSA) is 59.1 Å². The minimum Gasteiger partial charge on any atom is -0.254 e. The van der Waals surface area contributed by atoms with Crippen molar-refractivity contribution >= 4 is 47.9 Å². The van der Waals surface area contributed by atoms with Crippen LogP contribution in [0.25, 0.3) is 10.1 Å². The van der Waals surface area contributed by atoms with E-state index in [0.29, 0.717) is 15.3 Å². The Labute approximate surface area is 157 Å². The van der Waals surface area contributed by atoms with Crippen LogP contribution in [-0.2, 0) is 16.4 Å². The number of thiophene rings is 1. The van der Waals surface area contributed by atoms with Gasteiger partial charge >= 0.3 is 0 Å². The van der Waals surface area contributed by atoms with E-state index in [4.69, 9.17) is 0 Å². The highest BCUT2D eigenvalue weighted by Crippen LogP contribution is 2.37. The van der Waals surface area contributed by atoms with Gasteiger partial charge < -0.3 is 0 Å². The van der Waals surface area contributed by atoms with Crippen LogP contribution in [0.2, 0.25) is 0 Å². The zero-order chi connectivity index (χ0) is 18.4. The van der Waals surface area contributed by atoms with Crippen LogP contribution in [0.4, 0.5) is 5.13 Å². The Morgan fingerprint density at radius 1 is 1.20 bits per heavy atom. The fraction of sp³-hybridized carbons (Fsp3) is 0.389. The molecule has 0 saturated carbocycles. The van der Waals surface area contributed by atoms with Crippen molar-refractivity contribution in [3.63, 3.8) is 0 Å². The summed E-state index contributed by atoms with van der Waals surface area (Å²) in [7, 11) is -3.63. The van der Waals surface area contributed by atoms with Crippen LogP contribution in [0.3, 0.4) is 0 Å². The van der Waals surface area contributed by atoms with E-state index >= 15 is 0 Å². The third kappa shape index (κ3) is 3.45. The minimum absolute atomic E-state index is 0.370. The predicted molar refractivity (Wildman–Crippen MR) is 108 cm³/mol. The lowest BCUT2D eigenvalue weighted by atomic mass is 10.0. The second-order valence-electron chi connectivity index (χ2n) is 6.41. The molecular formula is C18H22N2O2S3. The maximum Gasteiger partial charge on any atom is 0.273 e. The first-order valence-electron chi connectivity index (χ1n) is 8.25. The van der Waals surface area contributed by atoms with Gasteiger partial charge in [0.1, 0.15) is 4.21 Å². The zero-order valence-electron chi connectivity index (χ0n) is 15.0. The number of aromatic nitrogens is 1. The smallest absolute Gasteiger partial charge is 0.254 e. The SMILES string of the molecule is CCc1sc(NS(=O)(=O)c2sc3ccc(C(C)C)cc3c2C)nc1C. The summed E-state index contributed by atoms with van der Waals surface area (Å²) < 4.78 is 29.8. The van der Waals surface area contributed by atoms with Crippen LogP contribution in [0.1, 0.15) is 48.4 Å². The summed E-state index contributed by atoms with van der Waals surface area (Å²) in [5.41, 5.74) is 2.91. The molecule has 0 unspecified atom stereocenters.